The van der Waals surface area contributed by atoms with Gasteiger partial charge in [-0.3, -0.25) is 14.6 Å². The zero-order valence-electron chi connectivity index (χ0n) is 13.9. The smallest absolute Gasteiger partial charge is 0.291 e. The minimum absolute atomic E-state index is 0.113. The Hall–Kier alpha value is -1.97. The molecular weight excluding hydrogens is 436 g/mol. The van der Waals surface area contributed by atoms with Crippen molar-refractivity contribution in [2.24, 2.45) is 0 Å². The van der Waals surface area contributed by atoms with Crippen LogP contribution in [-0.2, 0) is 4.79 Å². The fourth-order valence-corrected chi connectivity index (χ4v) is 4.99. The van der Waals surface area contributed by atoms with E-state index in [0.29, 0.717) is 22.1 Å². The maximum atomic E-state index is 12.8. The molecule has 1 aliphatic rings. The number of amides is 1. The number of H-pyrrole nitrogens is 1. The van der Waals surface area contributed by atoms with Gasteiger partial charge in [-0.1, -0.05) is 23.9 Å². The Balaban J connectivity index is 2.10. The minimum atomic E-state index is -0.512. The predicted octanol–water partition coefficient (Wildman–Crippen LogP) is 3.18. The maximum Gasteiger partial charge on any atom is 0.325 e. The lowest BCUT2D eigenvalue weighted by atomic mass is 10.0. The number of nitrogens with zero attached hydrogens (tertiary/aromatic N) is 3. The van der Waals surface area contributed by atoms with Crippen LogP contribution in [0.5, 0.6) is 0 Å². The standard InChI is InChI=1S/C17H13BrN4O2S2/c1-9(23)21-11-6-4-3-5-10(11)14-15(24)19-17(25-2)20-22(14)16(21)12-7-8-13(18)26-12/h3-8,16H,1-2H3/p+1. The number of para-hydroxylation sites is 1. The quantitative estimate of drug-likeness (QED) is 0.481. The van der Waals surface area contributed by atoms with Crippen LogP contribution in [0, 0.1) is 0 Å². The number of carbonyl (C=O) groups is 1. The van der Waals surface area contributed by atoms with E-state index in [4.69, 9.17) is 0 Å². The minimum Gasteiger partial charge on any atom is -0.291 e. The largest absolute Gasteiger partial charge is 0.325 e. The fourth-order valence-electron chi connectivity index (χ4n) is 3.13. The van der Waals surface area contributed by atoms with Crippen LogP contribution in [0.2, 0.25) is 0 Å². The zero-order chi connectivity index (χ0) is 18.4. The van der Waals surface area contributed by atoms with Crippen molar-refractivity contribution >= 4 is 50.6 Å². The van der Waals surface area contributed by atoms with E-state index >= 15 is 0 Å². The topological polar surface area (TPSA) is 69.9 Å². The molecule has 1 N–H and O–H groups in total. The normalized spacial score (nSPS) is 15.5. The van der Waals surface area contributed by atoms with Crippen LogP contribution >= 0.6 is 39.0 Å². The Morgan fingerprint density at radius 2 is 2.12 bits per heavy atom. The molecule has 6 nitrogen and oxygen atoms in total. The highest BCUT2D eigenvalue weighted by atomic mass is 79.9. The fraction of sp³-hybridized carbons (Fsp3) is 0.176. The SMILES string of the molecule is CSc1n[n+]2c(c(=O)[nH]1)-c1ccccc1N(C(C)=O)C2c1ccc(Br)s1. The average Bonchev–Trinajstić information content (AvgIpc) is 3.05. The number of thiophene rings is 1. The lowest BCUT2D eigenvalue weighted by molar-refractivity contribution is -0.762. The van der Waals surface area contributed by atoms with E-state index in [1.165, 1.54) is 30.0 Å². The Kier molecular flexibility index (Phi) is 4.45. The van der Waals surface area contributed by atoms with Gasteiger partial charge in [0.25, 0.3) is 0 Å². The monoisotopic (exact) mass is 449 g/mol. The first-order valence-corrected chi connectivity index (χ1v) is 10.6. The third-order valence-corrected chi connectivity index (χ3v) is 6.37. The molecule has 1 amide bonds. The summed E-state index contributed by atoms with van der Waals surface area (Å²) in [5.74, 6) is -0.113. The second kappa shape index (κ2) is 6.64. The summed E-state index contributed by atoms with van der Waals surface area (Å²) >= 11 is 6.35. The van der Waals surface area contributed by atoms with E-state index in [-0.39, 0.29) is 11.5 Å². The molecule has 1 unspecified atom stereocenters. The number of hydrogen-bond acceptors (Lipinski definition) is 5. The first-order valence-electron chi connectivity index (χ1n) is 7.76. The molecule has 9 heteroatoms. The van der Waals surface area contributed by atoms with Gasteiger partial charge in [0.1, 0.15) is 0 Å². The lowest BCUT2D eigenvalue weighted by Crippen LogP contribution is -2.60. The van der Waals surface area contributed by atoms with Crippen molar-refractivity contribution in [2.75, 3.05) is 11.2 Å². The molecule has 3 aromatic rings. The van der Waals surface area contributed by atoms with E-state index in [9.17, 15) is 9.59 Å². The Morgan fingerprint density at radius 3 is 2.77 bits per heavy atom. The molecule has 4 rings (SSSR count). The average molecular weight is 450 g/mol. The summed E-state index contributed by atoms with van der Waals surface area (Å²) in [6.45, 7) is 1.53. The molecule has 0 fully saturated rings. The highest BCUT2D eigenvalue weighted by Crippen LogP contribution is 2.39. The first-order chi connectivity index (χ1) is 12.5. The number of hydrogen-bond donors (Lipinski definition) is 1. The molecule has 2 aromatic heterocycles. The van der Waals surface area contributed by atoms with Crippen molar-refractivity contribution in [1.29, 1.82) is 0 Å². The van der Waals surface area contributed by atoms with Crippen molar-refractivity contribution in [3.8, 4) is 11.3 Å². The summed E-state index contributed by atoms with van der Waals surface area (Å²) in [5.41, 5.74) is 1.63. The summed E-state index contributed by atoms with van der Waals surface area (Å²) < 4.78 is 2.61. The number of benzene rings is 1. The molecule has 0 bridgehead atoms. The first kappa shape index (κ1) is 17.4. The number of anilines is 1. The molecule has 0 saturated carbocycles. The number of aromatic amines is 1. The van der Waals surface area contributed by atoms with E-state index < -0.39 is 6.17 Å². The van der Waals surface area contributed by atoms with Crippen molar-refractivity contribution < 1.29 is 9.48 Å². The molecule has 0 aliphatic carbocycles. The van der Waals surface area contributed by atoms with Gasteiger partial charge in [-0.05, 0) is 51.1 Å². The van der Waals surface area contributed by atoms with E-state index in [1.807, 2.05) is 42.7 Å². The van der Waals surface area contributed by atoms with E-state index in [1.54, 1.807) is 9.58 Å². The molecule has 1 aromatic carbocycles. The third-order valence-electron chi connectivity index (χ3n) is 4.14. The van der Waals surface area contributed by atoms with Gasteiger partial charge in [0, 0.05) is 12.0 Å². The molecule has 3 heterocycles. The number of nitrogens with one attached hydrogen (secondary N) is 1. The van der Waals surface area contributed by atoms with Gasteiger partial charge in [-0.25, -0.2) is 4.90 Å². The van der Waals surface area contributed by atoms with Gasteiger partial charge in [0.2, 0.25) is 11.1 Å². The highest BCUT2D eigenvalue weighted by molar-refractivity contribution is 9.11. The van der Waals surface area contributed by atoms with Gasteiger partial charge in [-0.2, -0.15) is 0 Å². The second-order valence-electron chi connectivity index (χ2n) is 5.68. The number of aromatic nitrogens is 3. The summed E-state index contributed by atoms with van der Waals surface area (Å²) in [4.78, 5) is 30.8. The van der Waals surface area contributed by atoms with Crippen LogP contribution in [0.25, 0.3) is 11.3 Å². The lowest BCUT2D eigenvalue weighted by Gasteiger charge is -2.30. The summed E-state index contributed by atoms with van der Waals surface area (Å²) in [5, 5.41) is 5.11. The van der Waals surface area contributed by atoms with Crippen molar-refractivity contribution in [3.63, 3.8) is 0 Å². The van der Waals surface area contributed by atoms with Crippen molar-refractivity contribution in [3.05, 3.63) is 55.4 Å². The molecule has 0 radical (unpaired) electrons. The number of thioether (sulfide) groups is 1. The molecule has 26 heavy (non-hydrogen) atoms. The van der Waals surface area contributed by atoms with Crippen LogP contribution in [0.15, 0.2) is 50.1 Å². The van der Waals surface area contributed by atoms with Gasteiger partial charge in [0.15, 0.2) is 0 Å². The highest BCUT2D eigenvalue weighted by Gasteiger charge is 2.45. The van der Waals surface area contributed by atoms with E-state index in [2.05, 4.69) is 26.0 Å². The van der Waals surface area contributed by atoms with Gasteiger partial charge < -0.3 is 0 Å². The Bertz CT molecular complexity index is 1080. The van der Waals surface area contributed by atoms with Crippen LogP contribution in [0.1, 0.15) is 18.0 Å². The molecule has 0 spiro atoms. The number of halogens is 1. The van der Waals surface area contributed by atoms with Crippen molar-refractivity contribution in [2.45, 2.75) is 18.2 Å². The van der Waals surface area contributed by atoms with E-state index in [0.717, 1.165) is 8.66 Å². The van der Waals surface area contributed by atoms with Crippen LogP contribution in [-0.4, -0.2) is 22.2 Å². The molecule has 1 atom stereocenters. The van der Waals surface area contributed by atoms with Crippen LogP contribution in [0.4, 0.5) is 5.69 Å². The van der Waals surface area contributed by atoms with Crippen LogP contribution < -0.4 is 15.1 Å². The summed E-state index contributed by atoms with van der Waals surface area (Å²) in [7, 11) is 0. The second-order valence-corrected chi connectivity index (χ2v) is 8.97. The summed E-state index contributed by atoms with van der Waals surface area (Å²) in [6, 6.07) is 11.3. The molecule has 1 aliphatic heterocycles. The third kappa shape index (κ3) is 2.70. The van der Waals surface area contributed by atoms with Crippen molar-refractivity contribution in [1.82, 2.24) is 10.1 Å². The number of rotatable bonds is 2. The van der Waals surface area contributed by atoms with Gasteiger partial charge in [0.05, 0.1) is 19.9 Å². The Morgan fingerprint density at radius 1 is 1.35 bits per heavy atom. The van der Waals surface area contributed by atoms with Gasteiger partial charge >= 0.3 is 17.4 Å². The van der Waals surface area contributed by atoms with Crippen LogP contribution in [0.3, 0.4) is 0 Å². The zero-order valence-corrected chi connectivity index (χ0v) is 17.1. The summed E-state index contributed by atoms with van der Waals surface area (Å²) in [6.07, 6.45) is 1.34. The molecule has 0 saturated heterocycles. The Labute approximate surface area is 166 Å². The molecule has 132 valence electrons. The number of fused-ring (bicyclic) bond motifs is 3. The molecular formula is C17H14BrN4O2S2+. The maximum absolute atomic E-state index is 12.8. The van der Waals surface area contributed by atoms with Gasteiger partial charge in [-0.15, -0.1) is 11.3 Å². The number of carbonyl (C=O) groups excluding carboxylic acids is 1. The predicted molar refractivity (Wildman–Crippen MR) is 106 cm³/mol.